The fourth-order valence-electron chi connectivity index (χ4n) is 2.93. The van der Waals surface area contributed by atoms with E-state index in [2.05, 4.69) is 4.99 Å². The first-order valence-corrected chi connectivity index (χ1v) is 7.26. The highest BCUT2D eigenvalue weighted by atomic mass is 16.6. The van der Waals surface area contributed by atoms with Gasteiger partial charge in [0.25, 0.3) is 0 Å². The van der Waals surface area contributed by atoms with E-state index >= 15 is 0 Å². The zero-order valence-electron chi connectivity index (χ0n) is 12.3. The molecule has 2 rings (SSSR count). The Morgan fingerprint density at radius 1 is 1.30 bits per heavy atom. The molecule has 1 aliphatic carbocycles. The lowest BCUT2D eigenvalue weighted by molar-refractivity contribution is -0.155. The monoisotopic (exact) mass is 282 g/mol. The second kappa shape index (κ2) is 5.81. The van der Waals surface area contributed by atoms with E-state index in [9.17, 15) is 9.59 Å². The summed E-state index contributed by atoms with van der Waals surface area (Å²) in [6.07, 6.45) is 3.24. The van der Waals surface area contributed by atoms with Crippen LogP contribution < -0.4 is 0 Å². The van der Waals surface area contributed by atoms with Crippen LogP contribution in [0.15, 0.2) is 4.99 Å². The van der Waals surface area contributed by atoms with Gasteiger partial charge in [0.05, 0.1) is 19.3 Å². The molecule has 0 aromatic heterocycles. The van der Waals surface area contributed by atoms with Gasteiger partial charge in [-0.25, -0.2) is 9.59 Å². The van der Waals surface area contributed by atoms with E-state index in [0.29, 0.717) is 0 Å². The van der Waals surface area contributed by atoms with Crippen LogP contribution in [-0.4, -0.2) is 47.6 Å². The standard InChI is InChI=1S/C14H22N2O4/c1-4-19-12(17)14(3)15-10-8-6-7-9-11(10)16(14)13(18)20-5-2/h11H,4-9H2,1-3H3. The molecule has 0 spiro atoms. The van der Waals surface area contributed by atoms with Crippen molar-refractivity contribution >= 4 is 17.8 Å². The van der Waals surface area contributed by atoms with Crippen molar-refractivity contribution in [1.29, 1.82) is 0 Å². The van der Waals surface area contributed by atoms with Gasteiger partial charge in [0.15, 0.2) is 0 Å². The third-order valence-corrected chi connectivity index (χ3v) is 3.81. The average molecular weight is 282 g/mol. The highest BCUT2D eigenvalue weighted by molar-refractivity contribution is 6.01. The minimum absolute atomic E-state index is 0.128. The molecule has 2 atom stereocenters. The number of hydrogen-bond donors (Lipinski definition) is 0. The molecule has 0 aromatic carbocycles. The molecule has 0 saturated heterocycles. The average Bonchev–Trinajstić information content (AvgIpc) is 2.72. The molecule has 0 bridgehead atoms. The van der Waals surface area contributed by atoms with E-state index < -0.39 is 17.7 Å². The number of esters is 1. The lowest BCUT2D eigenvalue weighted by Gasteiger charge is -2.35. The van der Waals surface area contributed by atoms with Gasteiger partial charge in [-0.05, 0) is 40.0 Å². The van der Waals surface area contributed by atoms with E-state index in [-0.39, 0.29) is 19.3 Å². The predicted octanol–water partition coefficient (Wildman–Crippen LogP) is 2.12. The summed E-state index contributed by atoms with van der Waals surface area (Å²) in [7, 11) is 0. The molecule has 20 heavy (non-hydrogen) atoms. The summed E-state index contributed by atoms with van der Waals surface area (Å²) < 4.78 is 10.2. The summed E-state index contributed by atoms with van der Waals surface area (Å²) in [5.41, 5.74) is -0.369. The maximum atomic E-state index is 12.3. The Balaban J connectivity index is 2.32. The lowest BCUT2D eigenvalue weighted by atomic mass is 9.93. The third kappa shape index (κ3) is 2.39. The fraction of sp³-hybridized carbons (Fsp3) is 0.786. The Hall–Kier alpha value is -1.59. The largest absolute Gasteiger partial charge is 0.463 e. The Morgan fingerprint density at radius 3 is 2.65 bits per heavy atom. The van der Waals surface area contributed by atoms with Crippen LogP contribution in [0.25, 0.3) is 0 Å². The smallest absolute Gasteiger partial charge is 0.412 e. The number of amides is 1. The molecule has 2 aliphatic rings. The van der Waals surface area contributed by atoms with Crippen molar-refractivity contribution in [2.45, 2.75) is 58.2 Å². The normalized spacial score (nSPS) is 28.6. The maximum Gasteiger partial charge on any atom is 0.412 e. The molecule has 0 radical (unpaired) electrons. The van der Waals surface area contributed by atoms with Crippen LogP contribution in [0.3, 0.4) is 0 Å². The molecule has 1 amide bonds. The Morgan fingerprint density at radius 2 is 2.00 bits per heavy atom. The molecule has 112 valence electrons. The van der Waals surface area contributed by atoms with Gasteiger partial charge in [-0.2, -0.15) is 0 Å². The Bertz CT molecular complexity index is 435. The topological polar surface area (TPSA) is 68.2 Å². The molecule has 6 nitrogen and oxygen atoms in total. The number of aliphatic imine (C=N–C) groups is 1. The second-order valence-corrected chi connectivity index (χ2v) is 5.17. The summed E-state index contributed by atoms with van der Waals surface area (Å²) in [5, 5.41) is 0. The van der Waals surface area contributed by atoms with Crippen molar-refractivity contribution in [3.05, 3.63) is 0 Å². The molecule has 2 unspecified atom stereocenters. The summed E-state index contributed by atoms with van der Waals surface area (Å²) >= 11 is 0. The molecule has 0 N–H and O–H groups in total. The summed E-state index contributed by atoms with van der Waals surface area (Å²) in [4.78, 5) is 30.5. The SMILES string of the molecule is CCOC(=O)N1C2CCCCC2=NC1(C)C(=O)OCC. The van der Waals surface area contributed by atoms with Gasteiger partial charge in [0.1, 0.15) is 0 Å². The van der Waals surface area contributed by atoms with E-state index in [0.717, 1.165) is 31.4 Å². The first-order valence-electron chi connectivity index (χ1n) is 7.26. The quantitative estimate of drug-likeness (QED) is 0.744. The molecule has 1 saturated carbocycles. The fourth-order valence-corrected chi connectivity index (χ4v) is 2.93. The second-order valence-electron chi connectivity index (χ2n) is 5.17. The van der Waals surface area contributed by atoms with E-state index in [4.69, 9.17) is 9.47 Å². The van der Waals surface area contributed by atoms with Crippen LogP contribution in [0.2, 0.25) is 0 Å². The van der Waals surface area contributed by atoms with Crippen LogP contribution in [0, 0.1) is 0 Å². The van der Waals surface area contributed by atoms with Gasteiger partial charge in [0, 0.05) is 5.71 Å². The first kappa shape index (κ1) is 14.8. The summed E-state index contributed by atoms with van der Waals surface area (Å²) in [6.45, 7) is 5.66. The number of fused-ring (bicyclic) bond motifs is 1. The third-order valence-electron chi connectivity index (χ3n) is 3.81. The molecule has 1 aliphatic heterocycles. The van der Waals surface area contributed by atoms with Crippen molar-refractivity contribution in [2.75, 3.05) is 13.2 Å². The number of ether oxygens (including phenoxy) is 2. The van der Waals surface area contributed by atoms with Crippen molar-refractivity contribution in [3.8, 4) is 0 Å². The number of rotatable bonds is 3. The van der Waals surface area contributed by atoms with Crippen LogP contribution in [0.4, 0.5) is 4.79 Å². The first-order chi connectivity index (χ1) is 9.54. The van der Waals surface area contributed by atoms with Gasteiger partial charge in [-0.15, -0.1) is 0 Å². The highest BCUT2D eigenvalue weighted by Crippen LogP contribution is 2.36. The minimum atomic E-state index is -1.29. The summed E-state index contributed by atoms with van der Waals surface area (Å²) in [5.74, 6) is -0.491. The number of nitrogens with zero attached hydrogens (tertiary/aromatic N) is 2. The van der Waals surface area contributed by atoms with Crippen LogP contribution in [-0.2, 0) is 14.3 Å². The van der Waals surface area contributed by atoms with E-state index in [1.807, 2.05) is 0 Å². The number of carbonyl (C=O) groups is 2. The van der Waals surface area contributed by atoms with E-state index in [1.165, 1.54) is 4.90 Å². The minimum Gasteiger partial charge on any atom is -0.463 e. The Labute approximate surface area is 119 Å². The van der Waals surface area contributed by atoms with Crippen molar-refractivity contribution in [2.24, 2.45) is 4.99 Å². The Kier molecular flexibility index (Phi) is 4.30. The summed E-state index contributed by atoms with van der Waals surface area (Å²) in [6, 6.07) is -0.128. The van der Waals surface area contributed by atoms with Gasteiger partial charge in [0.2, 0.25) is 5.66 Å². The van der Waals surface area contributed by atoms with Gasteiger partial charge in [-0.1, -0.05) is 6.42 Å². The van der Waals surface area contributed by atoms with Crippen LogP contribution in [0.1, 0.15) is 46.5 Å². The van der Waals surface area contributed by atoms with E-state index in [1.54, 1.807) is 20.8 Å². The number of carbonyl (C=O) groups excluding carboxylic acids is 2. The van der Waals surface area contributed by atoms with Crippen LogP contribution in [0.5, 0.6) is 0 Å². The van der Waals surface area contributed by atoms with Crippen molar-refractivity contribution in [1.82, 2.24) is 4.90 Å². The zero-order valence-corrected chi connectivity index (χ0v) is 12.3. The van der Waals surface area contributed by atoms with Gasteiger partial charge < -0.3 is 9.47 Å². The molecule has 0 aromatic rings. The van der Waals surface area contributed by atoms with Crippen LogP contribution >= 0.6 is 0 Å². The zero-order chi connectivity index (χ0) is 14.8. The number of hydrogen-bond acceptors (Lipinski definition) is 5. The van der Waals surface area contributed by atoms with Gasteiger partial charge in [-0.3, -0.25) is 9.89 Å². The molecular weight excluding hydrogens is 260 g/mol. The predicted molar refractivity (Wildman–Crippen MR) is 73.6 cm³/mol. The maximum absolute atomic E-state index is 12.3. The lowest BCUT2D eigenvalue weighted by Crippen LogP contribution is -2.56. The highest BCUT2D eigenvalue weighted by Gasteiger charge is 2.54. The van der Waals surface area contributed by atoms with Crippen molar-refractivity contribution in [3.63, 3.8) is 0 Å². The molecule has 6 heteroatoms. The van der Waals surface area contributed by atoms with Crippen molar-refractivity contribution < 1.29 is 19.1 Å². The molecule has 1 fully saturated rings. The van der Waals surface area contributed by atoms with Gasteiger partial charge >= 0.3 is 12.1 Å². The molecule has 1 heterocycles. The molecular formula is C14H22N2O4.